The fraction of sp³-hybridized carbons (Fsp3) is 0.700. The molecule has 1 aliphatic rings. The third kappa shape index (κ3) is 6.83. The number of carbonyl (C=O) groups is 1. The Morgan fingerprint density at radius 2 is 2.21 bits per heavy atom. The number of hydrogen-bond donors (Lipinski definition) is 2. The Kier molecular flexibility index (Phi) is 8.79. The van der Waals surface area contributed by atoms with Crippen LogP contribution in [-0.4, -0.2) is 69.4 Å². The summed E-state index contributed by atoms with van der Waals surface area (Å²) >= 11 is 0. The van der Waals surface area contributed by atoms with Gasteiger partial charge in [-0.25, -0.2) is 9.79 Å². The molecular formula is C20H34N4O4. The quantitative estimate of drug-likeness (QED) is 0.395. The number of nitrogens with one attached hydrogen (secondary N) is 2. The lowest BCUT2D eigenvalue weighted by atomic mass is 10.2. The van der Waals surface area contributed by atoms with Gasteiger partial charge in [-0.05, 0) is 25.8 Å². The molecule has 0 amide bonds. The van der Waals surface area contributed by atoms with E-state index < -0.39 is 5.97 Å². The number of ether oxygens (including phenoxy) is 2. The predicted octanol–water partition coefficient (Wildman–Crippen LogP) is 1.79. The van der Waals surface area contributed by atoms with Crippen LogP contribution in [-0.2, 0) is 16.0 Å². The van der Waals surface area contributed by atoms with Gasteiger partial charge in [0.25, 0.3) is 0 Å². The molecule has 1 aromatic heterocycles. The molecule has 0 aliphatic carbocycles. The lowest BCUT2D eigenvalue weighted by Crippen LogP contribution is -2.50. The minimum atomic E-state index is -0.401. The zero-order valence-corrected chi connectivity index (χ0v) is 17.7. The molecule has 158 valence electrons. The van der Waals surface area contributed by atoms with Crippen LogP contribution in [0.15, 0.2) is 15.5 Å². The molecule has 1 unspecified atom stereocenters. The molecule has 1 saturated heterocycles. The minimum absolute atomic E-state index is 0.133. The summed E-state index contributed by atoms with van der Waals surface area (Å²) in [5.41, 5.74) is 0.437. The standard InChI is InChI=1S/C20H34N4O4/c1-6-21-20(22-10-16-9-18(15(4)28-16)19(25)26-5)23-11-17-13-24(7-8-27-17)12-14(2)3/h9,14,17H,6-8,10-13H2,1-5H3,(H2,21,22,23). The first kappa shape index (κ1) is 22.2. The number of guanidine groups is 1. The van der Waals surface area contributed by atoms with Crippen molar-refractivity contribution in [2.75, 3.05) is 46.4 Å². The average Bonchev–Trinajstić information content (AvgIpc) is 3.04. The van der Waals surface area contributed by atoms with Gasteiger partial charge >= 0.3 is 5.97 Å². The fourth-order valence-electron chi connectivity index (χ4n) is 3.23. The maximum absolute atomic E-state index is 11.7. The van der Waals surface area contributed by atoms with E-state index in [1.807, 2.05) is 6.92 Å². The highest BCUT2D eigenvalue weighted by molar-refractivity contribution is 5.90. The number of furan rings is 1. The summed E-state index contributed by atoms with van der Waals surface area (Å²) in [7, 11) is 1.36. The van der Waals surface area contributed by atoms with E-state index in [2.05, 4.69) is 34.4 Å². The van der Waals surface area contributed by atoms with Crippen LogP contribution in [0.3, 0.4) is 0 Å². The Hall–Kier alpha value is -2.06. The van der Waals surface area contributed by atoms with Gasteiger partial charge in [-0.3, -0.25) is 4.90 Å². The van der Waals surface area contributed by atoms with E-state index in [1.54, 1.807) is 13.0 Å². The molecular weight excluding hydrogens is 360 g/mol. The van der Waals surface area contributed by atoms with Gasteiger partial charge in [-0.15, -0.1) is 0 Å². The molecule has 8 nitrogen and oxygen atoms in total. The van der Waals surface area contributed by atoms with Crippen molar-refractivity contribution in [3.63, 3.8) is 0 Å². The zero-order chi connectivity index (χ0) is 20.5. The van der Waals surface area contributed by atoms with E-state index >= 15 is 0 Å². The summed E-state index contributed by atoms with van der Waals surface area (Å²) in [5.74, 6) is 2.10. The van der Waals surface area contributed by atoms with Crippen LogP contribution >= 0.6 is 0 Å². The Bertz CT molecular complexity index is 657. The number of morpholine rings is 1. The first-order valence-electron chi connectivity index (χ1n) is 9.96. The Morgan fingerprint density at radius 3 is 2.89 bits per heavy atom. The van der Waals surface area contributed by atoms with Crippen molar-refractivity contribution >= 4 is 11.9 Å². The average molecular weight is 395 g/mol. The van der Waals surface area contributed by atoms with Gasteiger partial charge in [0.2, 0.25) is 0 Å². The lowest BCUT2D eigenvalue weighted by Gasteiger charge is -2.34. The van der Waals surface area contributed by atoms with Gasteiger partial charge in [-0.1, -0.05) is 13.8 Å². The van der Waals surface area contributed by atoms with Crippen molar-refractivity contribution in [2.24, 2.45) is 10.9 Å². The van der Waals surface area contributed by atoms with Crippen LogP contribution in [0.2, 0.25) is 0 Å². The van der Waals surface area contributed by atoms with Gasteiger partial charge in [0.15, 0.2) is 5.96 Å². The summed E-state index contributed by atoms with van der Waals surface area (Å²) in [6.45, 7) is 13.8. The molecule has 1 atom stereocenters. The van der Waals surface area contributed by atoms with Crippen LogP contribution in [0.4, 0.5) is 0 Å². The second-order valence-electron chi connectivity index (χ2n) is 7.40. The highest BCUT2D eigenvalue weighted by Crippen LogP contribution is 2.16. The second kappa shape index (κ2) is 11.1. The normalized spacial score (nSPS) is 18.4. The molecule has 1 fully saturated rings. The summed E-state index contributed by atoms with van der Waals surface area (Å²) in [6.07, 6.45) is 0.133. The number of aryl methyl sites for hydroxylation is 1. The Morgan fingerprint density at radius 1 is 1.43 bits per heavy atom. The third-order valence-corrected chi connectivity index (χ3v) is 4.45. The topological polar surface area (TPSA) is 88.3 Å². The Balaban J connectivity index is 1.91. The van der Waals surface area contributed by atoms with Crippen LogP contribution in [0.1, 0.15) is 42.6 Å². The van der Waals surface area contributed by atoms with Crippen LogP contribution < -0.4 is 10.6 Å². The van der Waals surface area contributed by atoms with E-state index in [1.165, 1.54) is 7.11 Å². The number of methoxy groups -OCH3 is 1. The third-order valence-electron chi connectivity index (χ3n) is 4.45. The molecule has 2 heterocycles. The van der Waals surface area contributed by atoms with Crippen molar-refractivity contribution < 1.29 is 18.7 Å². The lowest BCUT2D eigenvalue weighted by molar-refractivity contribution is -0.0284. The fourth-order valence-corrected chi connectivity index (χ4v) is 3.23. The number of carbonyl (C=O) groups excluding carboxylic acids is 1. The predicted molar refractivity (Wildman–Crippen MR) is 109 cm³/mol. The second-order valence-corrected chi connectivity index (χ2v) is 7.40. The van der Waals surface area contributed by atoms with Crippen molar-refractivity contribution in [3.8, 4) is 0 Å². The maximum Gasteiger partial charge on any atom is 0.341 e. The monoisotopic (exact) mass is 394 g/mol. The molecule has 28 heavy (non-hydrogen) atoms. The molecule has 0 radical (unpaired) electrons. The van der Waals surface area contributed by atoms with Gasteiger partial charge in [0, 0.05) is 32.7 Å². The molecule has 0 spiro atoms. The molecule has 1 aromatic rings. The number of rotatable bonds is 8. The largest absolute Gasteiger partial charge is 0.465 e. The summed E-state index contributed by atoms with van der Waals surface area (Å²) in [6, 6.07) is 1.68. The van der Waals surface area contributed by atoms with Crippen molar-refractivity contribution in [2.45, 2.75) is 40.3 Å². The number of nitrogens with zero attached hydrogens (tertiary/aromatic N) is 2. The number of hydrogen-bond acceptors (Lipinski definition) is 6. The van der Waals surface area contributed by atoms with E-state index in [0.717, 1.165) is 32.8 Å². The smallest absolute Gasteiger partial charge is 0.341 e. The highest BCUT2D eigenvalue weighted by Gasteiger charge is 2.21. The molecule has 2 N–H and O–H groups in total. The zero-order valence-electron chi connectivity index (χ0n) is 17.7. The summed E-state index contributed by atoms with van der Waals surface area (Å²) < 4.78 is 16.3. The first-order chi connectivity index (χ1) is 13.4. The highest BCUT2D eigenvalue weighted by atomic mass is 16.5. The Labute approximate surface area is 167 Å². The molecule has 0 bridgehead atoms. The van der Waals surface area contributed by atoms with Crippen LogP contribution in [0.5, 0.6) is 0 Å². The minimum Gasteiger partial charge on any atom is -0.465 e. The summed E-state index contributed by atoms with van der Waals surface area (Å²) in [4.78, 5) is 18.7. The maximum atomic E-state index is 11.7. The van der Waals surface area contributed by atoms with Crippen molar-refractivity contribution in [1.82, 2.24) is 15.5 Å². The molecule has 2 rings (SSSR count). The van der Waals surface area contributed by atoms with E-state index in [4.69, 9.17) is 13.9 Å². The van der Waals surface area contributed by atoms with Crippen molar-refractivity contribution in [1.29, 1.82) is 0 Å². The van der Waals surface area contributed by atoms with Gasteiger partial charge in [-0.2, -0.15) is 0 Å². The first-order valence-corrected chi connectivity index (χ1v) is 9.96. The summed E-state index contributed by atoms with van der Waals surface area (Å²) in [5, 5.41) is 6.57. The molecule has 8 heteroatoms. The number of esters is 1. The van der Waals surface area contributed by atoms with Crippen molar-refractivity contribution in [3.05, 3.63) is 23.2 Å². The van der Waals surface area contributed by atoms with E-state index in [-0.39, 0.29) is 6.10 Å². The SMILES string of the molecule is CCNC(=NCc1cc(C(=O)OC)c(C)o1)NCC1CN(CC(C)C)CCO1. The van der Waals surface area contributed by atoms with Gasteiger partial charge in [0.05, 0.1) is 19.8 Å². The number of aliphatic imine (C=N–C) groups is 1. The van der Waals surface area contributed by atoms with Crippen LogP contribution in [0.25, 0.3) is 0 Å². The van der Waals surface area contributed by atoms with E-state index in [9.17, 15) is 4.79 Å². The van der Waals surface area contributed by atoms with Crippen LogP contribution in [0, 0.1) is 12.8 Å². The molecule has 0 saturated carbocycles. The molecule has 1 aliphatic heterocycles. The van der Waals surface area contributed by atoms with E-state index in [0.29, 0.717) is 42.1 Å². The van der Waals surface area contributed by atoms with Gasteiger partial charge < -0.3 is 24.5 Å². The van der Waals surface area contributed by atoms with Gasteiger partial charge in [0.1, 0.15) is 23.6 Å². The molecule has 0 aromatic carbocycles.